The van der Waals surface area contributed by atoms with Crippen molar-refractivity contribution in [2.24, 2.45) is 17.3 Å². The Bertz CT molecular complexity index is 342. The lowest BCUT2D eigenvalue weighted by molar-refractivity contribution is -0.165. The Labute approximate surface area is 124 Å². The first-order chi connectivity index (χ1) is 9.54. The van der Waals surface area contributed by atoms with E-state index in [0.29, 0.717) is 18.8 Å². The Kier molecular flexibility index (Phi) is 6.08. The highest BCUT2D eigenvalue weighted by Gasteiger charge is 2.37. The molecule has 0 bridgehead atoms. The molecular weight excluding hydrogens is 283 g/mol. The predicted octanol–water partition coefficient (Wildman–Crippen LogP) is 3.22. The molecule has 0 aromatic heterocycles. The van der Waals surface area contributed by atoms with Gasteiger partial charge in [-0.1, -0.05) is 20.8 Å². The number of rotatable bonds is 4. The number of halogens is 3. The molecule has 1 aliphatic carbocycles. The molecule has 0 aromatic carbocycles. The van der Waals surface area contributed by atoms with Gasteiger partial charge < -0.3 is 10.0 Å². The van der Waals surface area contributed by atoms with Crippen LogP contribution in [0.15, 0.2) is 0 Å². The van der Waals surface area contributed by atoms with Gasteiger partial charge in [0.1, 0.15) is 6.54 Å². The second-order valence-corrected chi connectivity index (χ2v) is 7.01. The van der Waals surface area contributed by atoms with E-state index in [0.717, 1.165) is 17.7 Å². The minimum Gasteiger partial charge on any atom is -0.395 e. The molecule has 0 atom stereocenters. The van der Waals surface area contributed by atoms with Gasteiger partial charge in [-0.05, 0) is 37.0 Å². The molecular formula is C15H26F3NO2. The lowest BCUT2D eigenvalue weighted by Gasteiger charge is -2.38. The Balaban J connectivity index is 2.61. The third-order valence-corrected chi connectivity index (χ3v) is 4.35. The van der Waals surface area contributed by atoms with Crippen molar-refractivity contribution in [3.05, 3.63) is 0 Å². The van der Waals surface area contributed by atoms with Gasteiger partial charge in [-0.3, -0.25) is 4.79 Å². The summed E-state index contributed by atoms with van der Waals surface area (Å²) in [6.45, 7) is 4.49. The first-order valence-electron chi connectivity index (χ1n) is 7.51. The largest absolute Gasteiger partial charge is 0.406 e. The molecule has 1 aliphatic rings. The predicted molar refractivity (Wildman–Crippen MR) is 74.6 cm³/mol. The number of hydrogen-bond acceptors (Lipinski definition) is 2. The van der Waals surface area contributed by atoms with Gasteiger partial charge in [-0.15, -0.1) is 0 Å². The van der Waals surface area contributed by atoms with Gasteiger partial charge in [0, 0.05) is 12.5 Å². The topological polar surface area (TPSA) is 40.5 Å². The second kappa shape index (κ2) is 6.99. The first-order valence-corrected chi connectivity index (χ1v) is 7.51. The Hall–Kier alpha value is -0.780. The third kappa shape index (κ3) is 5.85. The molecule has 0 radical (unpaired) electrons. The summed E-state index contributed by atoms with van der Waals surface area (Å²) in [6.07, 6.45) is -1.40. The molecule has 1 amide bonds. The van der Waals surface area contributed by atoms with Gasteiger partial charge in [0.15, 0.2) is 0 Å². The fourth-order valence-electron chi connectivity index (χ4n) is 3.07. The zero-order chi connectivity index (χ0) is 16.3. The van der Waals surface area contributed by atoms with E-state index < -0.39 is 25.2 Å². The van der Waals surface area contributed by atoms with Crippen LogP contribution in [0.4, 0.5) is 13.2 Å². The molecule has 1 N–H and O–H groups in total. The van der Waals surface area contributed by atoms with Crippen LogP contribution in [-0.4, -0.2) is 41.8 Å². The summed E-state index contributed by atoms with van der Waals surface area (Å²) in [5.41, 5.74) is 0.171. The van der Waals surface area contributed by atoms with Crippen LogP contribution in [0.3, 0.4) is 0 Å². The van der Waals surface area contributed by atoms with Crippen LogP contribution in [0.2, 0.25) is 0 Å². The summed E-state index contributed by atoms with van der Waals surface area (Å²) >= 11 is 0. The van der Waals surface area contributed by atoms with Crippen LogP contribution in [-0.2, 0) is 4.79 Å². The summed E-state index contributed by atoms with van der Waals surface area (Å²) in [4.78, 5) is 13.0. The molecule has 0 heterocycles. The quantitative estimate of drug-likeness (QED) is 0.866. The van der Waals surface area contributed by atoms with Crippen LogP contribution < -0.4 is 0 Å². The summed E-state index contributed by atoms with van der Waals surface area (Å²) in [6, 6.07) is 0. The van der Waals surface area contributed by atoms with E-state index in [1.54, 1.807) is 0 Å². The molecule has 0 aromatic rings. The molecule has 0 spiro atoms. The van der Waals surface area contributed by atoms with Crippen LogP contribution in [0.25, 0.3) is 0 Å². The molecule has 0 aliphatic heterocycles. The second-order valence-electron chi connectivity index (χ2n) is 7.01. The Morgan fingerprint density at radius 2 is 1.67 bits per heavy atom. The molecule has 1 fully saturated rings. The van der Waals surface area contributed by atoms with Crippen molar-refractivity contribution < 1.29 is 23.1 Å². The maximum Gasteiger partial charge on any atom is 0.406 e. The van der Waals surface area contributed by atoms with Crippen molar-refractivity contribution in [3.8, 4) is 0 Å². The van der Waals surface area contributed by atoms with E-state index in [2.05, 4.69) is 20.8 Å². The fourth-order valence-corrected chi connectivity index (χ4v) is 3.07. The van der Waals surface area contributed by atoms with Crippen molar-refractivity contribution >= 4 is 5.91 Å². The van der Waals surface area contributed by atoms with Crippen LogP contribution >= 0.6 is 0 Å². The fraction of sp³-hybridized carbons (Fsp3) is 0.933. The molecule has 3 nitrogen and oxygen atoms in total. The van der Waals surface area contributed by atoms with Crippen molar-refractivity contribution in [3.63, 3.8) is 0 Å². The number of alkyl halides is 3. The number of aliphatic hydroxyl groups is 1. The van der Waals surface area contributed by atoms with E-state index >= 15 is 0 Å². The number of carbonyl (C=O) groups excluding carboxylic acids is 1. The van der Waals surface area contributed by atoms with Crippen molar-refractivity contribution in [1.82, 2.24) is 4.90 Å². The standard InChI is InChI=1S/C15H26F3NO2/c1-14(2,3)12-6-4-11(5-7-12)13(21)19(8-9-20)10-15(16,17)18/h11-12,20H,4-10H2,1-3H3. The lowest BCUT2D eigenvalue weighted by atomic mass is 9.69. The summed E-state index contributed by atoms with van der Waals surface area (Å²) < 4.78 is 37.5. The van der Waals surface area contributed by atoms with Gasteiger partial charge in [0.2, 0.25) is 5.91 Å². The highest BCUT2D eigenvalue weighted by atomic mass is 19.4. The molecule has 21 heavy (non-hydrogen) atoms. The number of aliphatic hydroxyl groups excluding tert-OH is 1. The minimum absolute atomic E-state index is 0.171. The lowest BCUT2D eigenvalue weighted by Crippen LogP contribution is -2.44. The molecule has 0 saturated heterocycles. The van der Waals surface area contributed by atoms with E-state index in [1.807, 2.05) is 0 Å². The normalized spacial score (nSPS) is 24.0. The number of amides is 1. The van der Waals surface area contributed by atoms with E-state index in [-0.39, 0.29) is 17.9 Å². The number of nitrogens with zero attached hydrogens (tertiary/aromatic N) is 1. The van der Waals surface area contributed by atoms with Gasteiger partial charge in [0.05, 0.1) is 6.61 Å². The van der Waals surface area contributed by atoms with Crippen molar-refractivity contribution in [1.29, 1.82) is 0 Å². The molecule has 1 rings (SSSR count). The number of hydrogen-bond donors (Lipinski definition) is 1. The van der Waals surface area contributed by atoms with E-state index in [4.69, 9.17) is 5.11 Å². The van der Waals surface area contributed by atoms with Crippen molar-refractivity contribution in [2.75, 3.05) is 19.7 Å². The summed E-state index contributed by atoms with van der Waals surface area (Å²) in [7, 11) is 0. The summed E-state index contributed by atoms with van der Waals surface area (Å²) in [5.74, 6) is -0.290. The molecule has 0 unspecified atom stereocenters. The summed E-state index contributed by atoms with van der Waals surface area (Å²) in [5, 5.41) is 8.87. The highest BCUT2D eigenvalue weighted by Crippen LogP contribution is 2.40. The van der Waals surface area contributed by atoms with E-state index in [9.17, 15) is 18.0 Å². The van der Waals surface area contributed by atoms with Gasteiger partial charge in [0.25, 0.3) is 0 Å². The number of carbonyl (C=O) groups is 1. The smallest absolute Gasteiger partial charge is 0.395 e. The van der Waals surface area contributed by atoms with Gasteiger partial charge in [-0.25, -0.2) is 0 Å². The van der Waals surface area contributed by atoms with Crippen molar-refractivity contribution in [2.45, 2.75) is 52.6 Å². The van der Waals surface area contributed by atoms with Crippen LogP contribution in [0.1, 0.15) is 46.5 Å². The monoisotopic (exact) mass is 309 g/mol. The maximum atomic E-state index is 12.5. The highest BCUT2D eigenvalue weighted by molar-refractivity contribution is 5.79. The van der Waals surface area contributed by atoms with Gasteiger partial charge >= 0.3 is 6.18 Å². The average molecular weight is 309 g/mol. The molecule has 6 heteroatoms. The van der Waals surface area contributed by atoms with Crippen LogP contribution in [0.5, 0.6) is 0 Å². The molecule has 1 saturated carbocycles. The molecule has 124 valence electrons. The SMILES string of the molecule is CC(C)(C)C1CCC(C(=O)N(CCO)CC(F)(F)F)CC1. The Morgan fingerprint density at radius 3 is 2.05 bits per heavy atom. The average Bonchev–Trinajstić information content (AvgIpc) is 2.35. The Morgan fingerprint density at radius 1 is 1.14 bits per heavy atom. The van der Waals surface area contributed by atoms with Gasteiger partial charge in [-0.2, -0.15) is 13.2 Å². The minimum atomic E-state index is -4.42. The zero-order valence-corrected chi connectivity index (χ0v) is 13.0. The zero-order valence-electron chi connectivity index (χ0n) is 13.0. The first kappa shape index (κ1) is 18.3. The maximum absolute atomic E-state index is 12.5. The van der Waals surface area contributed by atoms with E-state index in [1.165, 1.54) is 0 Å². The third-order valence-electron chi connectivity index (χ3n) is 4.35. The van der Waals surface area contributed by atoms with Crippen LogP contribution in [0, 0.1) is 17.3 Å².